The Bertz CT molecular complexity index is 1190. The highest BCUT2D eigenvalue weighted by atomic mass is 32.2. The van der Waals surface area contributed by atoms with Gasteiger partial charge in [-0.2, -0.15) is 0 Å². The lowest BCUT2D eigenvalue weighted by atomic mass is 10.2. The second-order valence-corrected chi connectivity index (χ2v) is 7.40. The van der Waals surface area contributed by atoms with Gasteiger partial charge in [0.1, 0.15) is 17.3 Å². The van der Waals surface area contributed by atoms with Gasteiger partial charge in [-0.3, -0.25) is 14.2 Å². The monoisotopic (exact) mass is 409 g/mol. The van der Waals surface area contributed by atoms with E-state index in [-0.39, 0.29) is 23.8 Å². The van der Waals surface area contributed by atoms with Gasteiger partial charge in [0.15, 0.2) is 5.16 Å². The number of para-hydroxylation sites is 1. The van der Waals surface area contributed by atoms with E-state index in [0.29, 0.717) is 34.1 Å². The Balaban J connectivity index is 1.53. The summed E-state index contributed by atoms with van der Waals surface area (Å²) in [6, 6.07) is 14.4. The molecule has 3 heterocycles. The molecule has 0 spiro atoms. The zero-order valence-electron chi connectivity index (χ0n) is 15.8. The Morgan fingerprint density at radius 3 is 2.76 bits per heavy atom. The van der Waals surface area contributed by atoms with Crippen LogP contribution in [0.5, 0.6) is 0 Å². The molecule has 0 aliphatic rings. The average Bonchev–Trinajstić information content (AvgIpc) is 3.39. The number of aryl methyl sites for hydroxylation is 1. The van der Waals surface area contributed by atoms with Crippen molar-refractivity contribution in [3.63, 3.8) is 0 Å². The third-order valence-electron chi connectivity index (χ3n) is 4.31. The molecule has 0 fully saturated rings. The number of furan rings is 2. The molecule has 0 bridgehead atoms. The summed E-state index contributed by atoms with van der Waals surface area (Å²) in [6.07, 6.45) is 1.56. The molecule has 0 atom stereocenters. The van der Waals surface area contributed by atoms with E-state index in [1.54, 1.807) is 36.6 Å². The van der Waals surface area contributed by atoms with Crippen LogP contribution in [0, 0.1) is 6.92 Å². The molecule has 3 aromatic heterocycles. The van der Waals surface area contributed by atoms with Crippen molar-refractivity contribution in [3.8, 4) is 0 Å². The first-order valence-electron chi connectivity index (χ1n) is 9.07. The predicted molar refractivity (Wildman–Crippen MR) is 110 cm³/mol. The molecule has 1 N–H and O–H groups in total. The Hall–Kier alpha value is -3.26. The summed E-state index contributed by atoms with van der Waals surface area (Å²) in [7, 11) is 0. The molecule has 0 saturated heterocycles. The number of aromatic nitrogens is 2. The van der Waals surface area contributed by atoms with E-state index in [1.165, 1.54) is 16.3 Å². The zero-order chi connectivity index (χ0) is 20.2. The van der Waals surface area contributed by atoms with Crippen molar-refractivity contribution in [1.82, 2.24) is 14.9 Å². The van der Waals surface area contributed by atoms with Gasteiger partial charge >= 0.3 is 0 Å². The fourth-order valence-electron chi connectivity index (χ4n) is 2.90. The fourth-order valence-corrected chi connectivity index (χ4v) is 3.73. The number of hydrogen-bond acceptors (Lipinski definition) is 6. The van der Waals surface area contributed by atoms with Crippen molar-refractivity contribution >= 4 is 28.6 Å². The quantitative estimate of drug-likeness (QED) is 0.372. The maximum absolute atomic E-state index is 13.0. The minimum Gasteiger partial charge on any atom is -0.467 e. The van der Waals surface area contributed by atoms with Crippen LogP contribution in [0.3, 0.4) is 0 Å². The second kappa shape index (κ2) is 8.40. The standard InChI is InChI=1S/C21H19N3O4S/c1-14-8-9-15(28-14)11-22-19(25)13-29-21-23-18-7-3-2-6-17(18)20(26)24(21)12-16-5-4-10-27-16/h2-10H,11-13H2,1H3,(H,22,25). The summed E-state index contributed by atoms with van der Waals surface area (Å²) in [5.41, 5.74) is 0.433. The highest BCUT2D eigenvalue weighted by molar-refractivity contribution is 7.99. The summed E-state index contributed by atoms with van der Waals surface area (Å²) < 4.78 is 12.4. The Morgan fingerprint density at radius 1 is 1.14 bits per heavy atom. The number of carbonyl (C=O) groups excluding carboxylic acids is 1. The summed E-state index contributed by atoms with van der Waals surface area (Å²) in [5.74, 6) is 2.09. The van der Waals surface area contributed by atoms with Crippen molar-refractivity contribution in [2.75, 3.05) is 5.75 Å². The lowest BCUT2D eigenvalue weighted by Crippen LogP contribution is -2.27. The highest BCUT2D eigenvalue weighted by Crippen LogP contribution is 2.19. The maximum atomic E-state index is 13.0. The van der Waals surface area contributed by atoms with Crippen LogP contribution in [0.25, 0.3) is 10.9 Å². The van der Waals surface area contributed by atoms with E-state index in [4.69, 9.17) is 8.83 Å². The van der Waals surface area contributed by atoms with Crippen LogP contribution >= 0.6 is 11.8 Å². The van der Waals surface area contributed by atoms with Crippen LogP contribution in [0.15, 0.2) is 73.6 Å². The second-order valence-electron chi connectivity index (χ2n) is 6.46. The van der Waals surface area contributed by atoms with Crippen LogP contribution < -0.4 is 10.9 Å². The first kappa shape index (κ1) is 19.1. The molecule has 0 unspecified atom stereocenters. The molecule has 0 radical (unpaired) electrons. The number of benzene rings is 1. The summed E-state index contributed by atoms with van der Waals surface area (Å²) in [4.78, 5) is 29.9. The van der Waals surface area contributed by atoms with E-state index < -0.39 is 0 Å². The Morgan fingerprint density at radius 2 is 2.00 bits per heavy atom. The molecule has 29 heavy (non-hydrogen) atoms. The number of fused-ring (bicyclic) bond motifs is 1. The van der Waals surface area contributed by atoms with Gasteiger partial charge in [-0.1, -0.05) is 23.9 Å². The van der Waals surface area contributed by atoms with Gasteiger partial charge in [-0.15, -0.1) is 0 Å². The number of nitrogens with one attached hydrogen (secondary N) is 1. The van der Waals surface area contributed by atoms with E-state index in [0.717, 1.165) is 5.76 Å². The van der Waals surface area contributed by atoms with Gasteiger partial charge in [0.05, 0.1) is 36.0 Å². The summed E-state index contributed by atoms with van der Waals surface area (Å²) in [6.45, 7) is 2.42. The molecule has 4 rings (SSSR count). The summed E-state index contributed by atoms with van der Waals surface area (Å²) >= 11 is 1.21. The molecular formula is C21H19N3O4S. The van der Waals surface area contributed by atoms with Gasteiger partial charge in [-0.05, 0) is 43.3 Å². The topological polar surface area (TPSA) is 90.3 Å². The number of carbonyl (C=O) groups is 1. The molecule has 7 nitrogen and oxygen atoms in total. The zero-order valence-corrected chi connectivity index (χ0v) is 16.6. The van der Waals surface area contributed by atoms with Gasteiger partial charge < -0.3 is 14.2 Å². The van der Waals surface area contributed by atoms with Gasteiger partial charge in [0, 0.05) is 0 Å². The van der Waals surface area contributed by atoms with Gasteiger partial charge in [0.2, 0.25) is 5.91 Å². The minimum atomic E-state index is -0.170. The van der Waals surface area contributed by atoms with Crippen LogP contribution in [0.2, 0.25) is 0 Å². The lowest BCUT2D eigenvalue weighted by molar-refractivity contribution is -0.118. The van der Waals surface area contributed by atoms with Crippen LogP contribution in [-0.2, 0) is 17.9 Å². The molecule has 0 aliphatic carbocycles. The molecule has 1 aromatic carbocycles. The number of nitrogens with zero attached hydrogens (tertiary/aromatic N) is 2. The Kier molecular flexibility index (Phi) is 5.53. The first-order valence-corrected chi connectivity index (χ1v) is 10.1. The third-order valence-corrected chi connectivity index (χ3v) is 5.29. The average molecular weight is 409 g/mol. The van der Waals surface area contributed by atoms with Crippen molar-refractivity contribution in [1.29, 1.82) is 0 Å². The maximum Gasteiger partial charge on any atom is 0.262 e. The SMILES string of the molecule is Cc1ccc(CNC(=O)CSc2nc3ccccc3c(=O)n2Cc2ccco2)o1. The van der Waals surface area contributed by atoms with Gasteiger partial charge in [-0.25, -0.2) is 4.98 Å². The molecule has 4 aromatic rings. The molecule has 148 valence electrons. The van der Waals surface area contributed by atoms with E-state index in [9.17, 15) is 9.59 Å². The van der Waals surface area contributed by atoms with Crippen LogP contribution in [0.4, 0.5) is 0 Å². The van der Waals surface area contributed by atoms with E-state index >= 15 is 0 Å². The largest absolute Gasteiger partial charge is 0.467 e. The van der Waals surface area contributed by atoms with Crippen molar-refractivity contribution in [2.24, 2.45) is 0 Å². The third kappa shape index (κ3) is 4.43. The molecule has 0 saturated carbocycles. The fraction of sp³-hybridized carbons (Fsp3) is 0.190. The minimum absolute atomic E-state index is 0.128. The first-order chi connectivity index (χ1) is 14.1. The van der Waals surface area contributed by atoms with Crippen molar-refractivity contribution in [2.45, 2.75) is 25.2 Å². The highest BCUT2D eigenvalue weighted by Gasteiger charge is 2.14. The van der Waals surface area contributed by atoms with Crippen LogP contribution in [0.1, 0.15) is 17.3 Å². The molecule has 0 aliphatic heterocycles. The molecular weight excluding hydrogens is 390 g/mol. The van der Waals surface area contributed by atoms with E-state index in [1.807, 2.05) is 25.1 Å². The number of amides is 1. The predicted octanol–water partition coefficient (Wildman–Crippen LogP) is 3.35. The molecule has 8 heteroatoms. The number of thioether (sulfide) groups is 1. The van der Waals surface area contributed by atoms with Crippen LogP contribution in [-0.4, -0.2) is 21.2 Å². The number of hydrogen-bond donors (Lipinski definition) is 1. The smallest absolute Gasteiger partial charge is 0.262 e. The Labute approximate surface area is 170 Å². The summed E-state index contributed by atoms with van der Waals surface area (Å²) in [5, 5.41) is 3.81. The number of rotatable bonds is 7. The van der Waals surface area contributed by atoms with Crippen molar-refractivity contribution < 1.29 is 13.6 Å². The molecule has 1 amide bonds. The normalized spacial score (nSPS) is 11.1. The van der Waals surface area contributed by atoms with Crippen molar-refractivity contribution in [3.05, 3.63) is 82.4 Å². The van der Waals surface area contributed by atoms with Gasteiger partial charge in [0.25, 0.3) is 5.56 Å². The van der Waals surface area contributed by atoms with E-state index in [2.05, 4.69) is 10.3 Å². The lowest BCUT2D eigenvalue weighted by Gasteiger charge is -2.12.